The number of likely N-dealkylation sites (tertiary alicyclic amines) is 1. The van der Waals surface area contributed by atoms with Crippen molar-refractivity contribution < 1.29 is 24.1 Å². The van der Waals surface area contributed by atoms with E-state index in [1.165, 1.54) is 5.54 Å². The first-order chi connectivity index (χ1) is 19.1. The minimum atomic E-state index is -0.961. The molecule has 2 aliphatic rings. The SMILES string of the molecule is O=C(O)c1ccc2nc(CN3CCC(Oc4cccc(CO/C=C/C=C/Cl)c4)CC3)n(CC3=NCCO3)c2c1. The topological polar surface area (TPSA) is 98.4 Å². The summed E-state index contributed by atoms with van der Waals surface area (Å²) in [6.07, 6.45) is 6.96. The molecule has 0 atom stereocenters. The third-order valence-corrected chi connectivity index (χ3v) is 6.87. The number of carboxylic acids is 1. The molecule has 1 saturated heterocycles. The first-order valence-corrected chi connectivity index (χ1v) is 13.4. The molecule has 0 aliphatic carbocycles. The Balaban J connectivity index is 1.21. The average Bonchev–Trinajstić information content (AvgIpc) is 3.58. The molecule has 10 heteroatoms. The van der Waals surface area contributed by atoms with Crippen LogP contribution < -0.4 is 4.74 Å². The summed E-state index contributed by atoms with van der Waals surface area (Å²) in [6.45, 7) is 4.49. The highest BCUT2D eigenvalue weighted by Gasteiger charge is 2.24. The lowest BCUT2D eigenvalue weighted by Crippen LogP contribution is -2.38. The molecule has 0 amide bonds. The van der Waals surface area contributed by atoms with Gasteiger partial charge in [0, 0.05) is 18.6 Å². The number of rotatable bonds is 11. The van der Waals surface area contributed by atoms with Crippen molar-refractivity contribution in [2.24, 2.45) is 4.99 Å². The molecule has 1 aromatic heterocycles. The molecule has 1 N–H and O–H groups in total. The van der Waals surface area contributed by atoms with Crippen molar-refractivity contribution in [2.75, 3.05) is 26.2 Å². The minimum Gasteiger partial charge on any atom is -0.497 e. The Morgan fingerprint density at radius 2 is 2.03 bits per heavy atom. The molecule has 5 rings (SSSR count). The summed E-state index contributed by atoms with van der Waals surface area (Å²) in [6, 6.07) is 13.0. The monoisotopic (exact) mass is 550 g/mol. The molecule has 9 nitrogen and oxygen atoms in total. The Labute approximate surface area is 232 Å². The van der Waals surface area contributed by atoms with E-state index in [9.17, 15) is 9.90 Å². The zero-order valence-electron chi connectivity index (χ0n) is 21.5. The molecule has 0 unspecified atom stereocenters. The summed E-state index contributed by atoms with van der Waals surface area (Å²) in [4.78, 5) is 23.2. The molecule has 2 aromatic carbocycles. The molecule has 0 saturated carbocycles. The van der Waals surface area contributed by atoms with Crippen LogP contribution in [0.3, 0.4) is 0 Å². The first-order valence-electron chi connectivity index (χ1n) is 13.0. The largest absolute Gasteiger partial charge is 0.497 e. The highest BCUT2D eigenvalue weighted by Crippen LogP contribution is 2.24. The van der Waals surface area contributed by atoms with Gasteiger partial charge in [-0.3, -0.25) is 9.89 Å². The molecule has 3 aromatic rings. The number of piperidine rings is 1. The molecular weight excluding hydrogens is 520 g/mol. The predicted molar refractivity (Wildman–Crippen MR) is 149 cm³/mol. The fourth-order valence-electron chi connectivity index (χ4n) is 4.79. The smallest absolute Gasteiger partial charge is 0.335 e. The van der Waals surface area contributed by atoms with Crippen molar-refractivity contribution in [1.29, 1.82) is 0 Å². The van der Waals surface area contributed by atoms with Crippen LogP contribution in [0.2, 0.25) is 0 Å². The number of imidazole rings is 1. The molecule has 3 heterocycles. The summed E-state index contributed by atoms with van der Waals surface area (Å²) in [5.74, 6) is 1.40. The number of allylic oxidation sites excluding steroid dienone is 2. The van der Waals surface area contributed by atoms with Gasteiger partial charge in [0.2, 0.25) is 5.90 Å². The number of aliphatic imine (C=N–C) groups is 1. The van der Waals surface area contributed by atoms with Crippen LogP contribution in [-0.4, -0.2) is 63.8 Å². The number of aromatic nitrogens is 2. The maximum atomic E-state index is 11.6. The van der Waals surface area contributed by atoms with Crippen molar-refractivity contribution in [2.45, 2.75) is 38.6 Å². The predicted octanol–water partition coefficient (Wildman–Crippen LogP) is 4.99. The summed E-state index contributed by atoms with van der Waals surface area (Å²) in [7, 11) is 0. The normalized spacial score (nSPS) is 16.7. The lowest BCUT2D eigenvalue weighted by Gasteiger charge is -2.32. The van der Waals surface area contributed by atoms with Crippen LogP contribution in [-0.2, 0) is 29.2 Å². The second kappa shape index (κ2) is 12.8. The first kappa shape index (κ1) is 26.8. The van der Waals surface area contributed by atoms with Gasteiger partial charge in [-0.15, -0.1) is 0 Å². The summed E-state index contributed by atoms with van der Waals surface area (Å²) in [5, 5.41) is 9.49. The number of nitrogens with zero attached hydrogens (tertiary/aromatic N) is 4. The van der Waals surface area contributed by atoms with Gasteiger partial charge in [-0.05, 0) is 60.9 Å². The second-order valence-electron chi connectivity index (χ2n) is 9.45. The number of halogens is 1. The van der Waals surface area contributed by atoms with Crippen molar-refractivity contribution in [1.82, 2.24) is 14.5 Å². The number of ether oxygens (including phenoxy) is 3. The van der Waals surface area contributed by atoms with Gasteiger partial charge in [-0.25, -0.2) is 9.78 Å². The second-order valence-corrected chi connectivity index (χ2v) is 9.70. The third-order valence-electron chi connectivity index (χ3n) is 6.73. The van der Waals surface area contributed by atoms with Crippen molar-refractivity contribution in [3.63, 3.8) is 0 Å². The average molecular weight is 551 g/mol. The van der Waals surface area contributed by atoms with Gasteiger partial charge in [0.15, 0.2) is 0 Å². The zero-order valence-corrected chi connectivity index (χ0v) is 22.3. The van der Waals surface area contributed by atoms with Crippen LogP contribution in [0, 0.1) is 0 Å². The molecule has 1 fully saturated rings. The van der Waals surface area contributed by atoms with E-state index in [0.29, 0.717) is 38.7 Å². The highest BCUT2D eigenvalue weighted by atomic mass is 35.5. The number of carbonyl (C=O) groups is 1. The minimum absolute atomic E-state index is 0.129. The van der Waals surface area contributed by atoms with Crippen LogP contribution in [0.25, 0.3) is 11.0 Å². The van der Waals surface area contributed by atoms with Gasteiger partial charge in [-0.2, -0.15) is 0 Å². The molecule has 0 spiro atoms. The van der Waals surface area contributed by atoms with Gasteiger partial charge in [0.25, 0.3) is 0 Å². The summed E-state index contributed by atoms with van der Waals surface area (Å²) >= 11 is 5.49. The number of hydrogen-bond acceptors (Lipinski definition) is 7. The van der Waals surface area contributed by atoms with Gasteiger partial charge >= 0.3 is 5.97 Å². The fraction of sp³-hybridized carbons (Fsp3) is 0.345. The van der Waals surface area contributed by atoms with Crippen LogP contribution >= 0.6 is 11.6 Å². The molecule has 204 valence electrons. The van der Waals surface area contributed by atoms with Crippen LogP contribution in [0.15, 0.2) is 71.4 Å². The highest BCUT2D eigenvalue weighted by molar-refractivity contribution is 6.25. The van der Waals surface area contributed by atoms with Crippen molar-refractivity contribution >= 4 is 34.5 Å². The molecule has 39 heavy (non-hydrogen) atoms. The number of hydrogen-bond donors (Lipinski definition) is 1. The van der Waals surface area contributed by atoms with Crippen molar-refractivity contribution in [3.8, 4) is 5.75 Å². The summed E-state index contributed by atoms with van der Waals surface area (Å²) in [5.41, 5.74) is 4.23. The van der Waals surface area contributed by atoms with Crippen LogP contribution in [0.4, 0.5) is 0 Å². The Morgan fingerprint density at radius 3 is 2.79 bits per heavy atom. The van der Waals surface area contributed by atoms with Gasteiger partial charge in [-0.1, -0.05) is 23.7 Å². The van der Waals surface area contributed by atoms with Gasteiger partial charge in [0.05, 0.1) is 35.9 Å². The number of aromatic carboxylic acids is 1. The van der Waals surface area contributed by atoms with E-state index in [-0.39, 0.29) is 11.7 Å². The molecular formula is C29H31ClN4O5. The Morgan fingerprint density at radius 1 is 1.15 bits per heavy atom. The third kappa shape index (κ3) is 6.99. The van der Waals surface area contributed by atoms with E-state index in [2.05, 4.69) is 9.89 Å². The lowest BCUT2D eigenvalue weighted by molar-refractivity contribution is 0.0697. The zero-order chi connectivity index (χ0) is 27.0. The standard InChI is InChI=1S/C29H31ClN4O5/c30-10-1-2-14-37-20-21-4-3-5-24(16-21)39-23-8-12-33(13-9-23)18-27-32-25-7-6-22(29(35)36)17-26(25)34(27)19-28-31-11-15-38-28/h1-7,10,14,16-17,23H,8-9,11-13,15,18-20H2,(H,35,36)/b10-1+,14-2+. The van der Waals surface area contributed by atoms with E-state index in [4.69, 9.17) is 30.8 Å². The van der Waals surface area contributed by atoms with Crippen molar-refractivity contribution in [3.05, 3.63) is 83.4 Å². The quantitative estimate of drug-likeness (QED) is 0.265. The van der Waals surface area contributed by atoms with Gasteiger partial charge < -0.3 is 23.9 Å². The maximum Gasteiger partial charge on any atom is 0.335 e. The van der Waals surface area contributed by atoms with E-state index in [0.717, 1.165) is 54.1 Å². The van der Waals surface area contributed by atoms with E-state index < -0.39 is 5.97 Å². The molecule has 0 bridgehead atoms. The summed E-state index contributed by atoms with van der Waals surface area (Å²) < 4.78 is 19.5. The van der Waals surface area contributed by atoms with E-state index in [1.54, 1.807) is 36.6 Å². The lowest BCUT2D eigenvalue weighted by atomic mass is 10.1. The maximum absolute atomic E-state index is 11.6. The number of carboxylic acid groups (broad SMARTS) is 1. The van der Waals surface area contributed by atoms with Gasteiger partial charge in [0.1, 0.15) is 37.4 Å². The number of fused-ring (bicyclic) bond motifs is 1. The Kier molecular flexibility index (Phi) is 8.80. The molecule has 0 radical (unpaired) electrons. The molecule has 2 aliphatic heterocycles. The fourth-order valence-corrected chi connectivity index (χ4v) is 4.87. The van der Waals surface area contributed by atoms with E-state index in [1.807, 2.05) is 28.8 Å². The van der Waals surface area contributed by atoms with Crippen LogP contribution in [0.1, 0.15) is 34.6 Å². The Bertz CT molecular complexity index is 1390. The van der Waals surface area contributed by atoms with Crippen LogP contribution in [0.5, 0.6) is 5.75 Å². The Hall–Kier alpha value is -3.82. The van der Waals surface area contributed by atoms with E-state index >= 15 is 0 Å². The number of benzene rings is 2.